The molecule has 0 aliphatic carbocycles. The van der Waals surface area contributed by atoms with Crippen LogP contribution in [0.25, 0.3) is 0 Å². The number of ether oxygens (including phenoxy) is 5. The fraction of sp³-hybridized carbons (Fsp3) is 0.474. The van der Waals surface area contributed by atoms with Gasteiger partial charge in [-0.1, -0.05) is 30.9 Å². The van der Waals surface area contributed by atoms with E-state index in [0.717, 1.165) is 5.57 Å². The van der Waals surface area contributed by atoms with Gasteiger partial charge < -0.3 is 23.7 Å². The van der Waals surface area contributed by atoms with E-state index in [1.807, 2.05) is 13.0 Å². The van der Waals surface area contributed by atoms with Crippen LogP contribution in [0, 0.1) is 0 Å². The van der Waals surface area contributed by atoms with Gasteiger partial charge in [0.25, 0.3) is 0 Å². The minimum absolute atomic E-state index is 0.531. The predicted molar refractivity (Wildman–Crippen MR) is 90.7 cm³/mol. The molecule has 3 aliphatic heterocycles. The van der Waals surface area contributed by atoms with Gasteiger partial charge in [-0.15, -0.1) is 0 Å². The van der Waals surface area contributed by atoms with E-state index in [4.69, 9.17) is 23.7 Å². The van der Waals surface area contributed by atoms with Crippen molar-refractivity contribution in [2.75, 3.05) is 0 Å². The molecular weight excluding hydrogens is 340 g/mol. The third kappa shape index (κ3) is 3.65. The van der Waals surface area contributed by atoms with E-state index < -0.39 is 48.4 Å². The summed E-state index contributed by atoms with van der Waals surface area (Å²) in [6.45, 7) is 8.93. The van der Waals surface area contributed by atoms with E-state index in [9.17, 15) is 9.59 Å². The number of carbonyl (C=O) groups excluding carboxylic acids is 2. The molecule has 0 N–H and O–H groups in total. The molecule has 7 nitrogen and oxygen atoms in total. The Morgan fingerprint density at radius 1 is 1.15 bits per heavy atom. The molecule has 0 bridgehead atoms. The Kier molecular flexibility index (Phi) is 5.13. The standard InChI is InChI=1S/C19H22O7/c1-5-7-8-11(6-2)9-10-12(20)22-15-13-14(23-17(15)21)16-18(24-13)26-19(3,4)25-16/h5-10,13-16,18H,1H2,2-4H3/b8-7-,10-9+,11-6+. The SMILES string of the molecule is C=C\C=C/C(/C=C/C(=O)OC1C(=O)OC2C3OC(C)(C)OC3OC12)=C\C. The Labute approximate surface area is 151 Å². The van der Waals surface area contributed by atoms with Crippen molar-refractivity contribution in [3.8, 4) is 0 Å². The molecule has 5 unspecified atom stereocenters. The molecule has 0 aromatic carbocycles. The van der Waals surface area contributed by atoms with Crippen molar-refractivity contribution >= 4 is 11.9 Å². The van der Waals surface area contributed by atoms with Crippen LogP contribution in [0.1, 0.15) is 20.8 Å². The molecular formula is C19H22O7. The second-order valence-corrected chi connectivity index (χ2v) is 6.55. The largest absolute Gasteiger partial charge is 0.454 e. The van der Waals surface area contributed by atoms with E-state index in [-0.39, 0.29) is 0 Å². The van der Waals surface area contributed by atoms with Crippen molar-refractivity contribution in [1.29, 1.82) is 0 Å². The number of fused-ring (bicyclic) bond motifs is 3. The van der Waals surface area contributed by atoms with E-state index >= 15 is 0 Å². The lowest BCUT2D eigenvalue weighted by atomic mass is 10.1. The number of carbonyl (C=O) groups is 2. The van der Waals surface area contributed by atoms with Gasteiger partial charge in [0.2, 0.25) is 6.10 Å². The fourth-order valence-electron chi connectivity index (χ4n) is 3.09. The van der Waals surface area contributed by atoms with Gasteiger partial charge in [0.05, 0.1) is 0 Å². The Morgan fingerprint density at radius 3 is 2.62 bits per heavy atom. The lowest BCUT2D eigenvalue weighted by molar-refractivity contribution is -0.216. The Morgan fingerprint density at radius 2 is 1.92 bits per heavy atom. The van der Waals surface area contributed by atoms with E-state index in [0.29, 0.717) is 0 Å². The van der Waals surface area contributed by atoms with Crippen LogP contribution in [-0.4, -0.2) is 48.4 Å². The molecule has 3 heterocycles. The highest BCUT2D eigenvalue weighted by atomic mass is 16.8. The number of hydrogen-bond donors (Lipinski definition) is 0. The van der Waals surface area contributed by atoms with Crippen LogP contribution in [-0.2, 0) is 33.3 Å². The van der Waals surface area contributed by atoms with E-state index in [2.05, 4.69) is 6.58 Å². The van der Waals surface area contributed by atoms with Crippen LogP contribution in [0.2, 0.25) is 0 Å². The Hall–Kier alpha value is -2.22. The van der Waals surface area contributed by atoms with E-state index in [1.165, 1.54) is 6.08 Å². The minimum Gasteiger partial charge on any atom is -0.454 e. The summed E-state index contributed by atoms with van der Waals surface area (Å²) in [5.41, 5.74) is 0.796. The molecule has 0 spiro atoms. The van der Waals surface area contributed by atoms with Gasteiger partial charge in [-0.3, -0.25) is 0 Å². The maximum Gasteiger partial charge on any atom is 0.350 e. The molecule has 3 aliphatic rings. The zero-order valence-corrected chi connectivity index (χ0v) is 14.9. The average Bonchev–Trinajstić information content (AvgIpc) is 3.15. The first kappa shape index (κ1) is 18.6. The number of esters is 2. The molecule has 0 radical (unpaired) electrons. The van der Waals surface area contributed by atoms with Crippen molar-refractivity contribution in [2.45, 2.75) is 57.3 Å². The summed E-state index contributed by atoms with van der Waals surface area (Å²) in [6, 6.07) is 0. The van der Waals surface area contributed by atoms with Gasteiger partial charge in [0, 0.05) is 6.08 Å². The van der Waals surface area contributed by atoms with E-state index in [1.54, 1.807) is 38.2 Å². The lowest BCUT2D eigenvalue weighted by Crippen LogP contribution is -2.37. The second-order valence-electron chi connectivity index (χ2n) is 6.55. The lowest BCUT2D eigenvalue weighted by Gasteiger charge is -2.21. The van der Waals surface area contributed by atoms with Crippen LogP contribution in [0.3, 0.4) is 0 Å². The zero-order chi connectivity index (χ0) is 18.9. The number of allylic oxidation sites excluding steroid dienone is 6. The highest BCUT2D eigenvalue weighted by Crippen LogP contribution is 2.42. The first-order valence-electron chi connectivity index (χ1n) is 8.40. The normalized spacial score (nSPS) is 35.6. The third-order valence-corrected chi connectivity index (χ3v) is 4.22. The molecule has 0 saturated carbocycles. The molecule has 0 amide bonds. The van der Waals surface area contributed by atoms with Gasteiger partial charge in [0.1, 0.15) is 6.10 Å². The first-order valence-corrected chi connectivity index (χ1v) is 8.40. The fourth-order valence-corrected chi connectivity index (χ4v) is 3.09. The van der Waals surface area contributed by atoms with Gasteiger partial charge in [0.15, 0.2) is 24.3 Å². The first-order chi connectivity index (χ1) is 12.3. The Balaban J connectivity index is 1.62. The summed E-state index contributed by atoms with van der Waals surface area (Å²) in [6.07, 6.45) is 6.09. The second kappa shape index (κ2) is 7.19. The molecule has 5 atom stereocenters. The zero-order valence-electron chi connectivity index (χ0n) is 14.9. The topological polar surface area (TPSA) is 80.3 Å². The van der Waals surface area contributed by atoms with Crippen LogP contribution in [0.5, 0.6) is 0 Å². The van der Waals surface area contributed by atoms with Crippen molar-refractivity contribution in [3.63, 3.8) is 0 Å². The maximum atomic E-state index is 12.1. The molecule has 3 saturated heterocycles. The molecule has 7 heteroatoms. The molecule has 3 fully saturated rings. The van der Waals surface area contributed by atoms with Crippen molar-refractivity contribution in [3.05, 3.63) is 48.6 Å². The van der Waals surface area contributed by atoms with Gasteiger partial charge in [-0.05, 0) is 32.4 Å². The summed E-state index contributed by atoms with van der Waals surface area (Å²) < 4.78 is 27.6. The monoisotopic (exact) mass is 362 g/mol. The highest BCUT2D eigenvalue weighted by molar-refractivity contribution is 5.87. The summed E-state index contributed by atoms with van der Waals surface area (Å²) >= 11 is 0. The predicted octanol–water partition coefficient (Wildman–Crippen LogP) is 1.94. The molecule has 0 aromatic heterocycles. The van der Waals surface area contributed by atoms with Crippen LogP contribution < -0.4 is 0 Å². The highest BCUT2D eigenvalue weighted by Gasteiger charge is 2.64. The Bertz CT molecular complexity index is 688. The van der Waals surface area contributed by atoms with Crippen molar-refractivity contribution < 1.29 is 33.3 Å². The summed E-state index contributed by atoms with van der Waals surface area (Å²) in [7, 11) is 0. The van der Waals surface area contributed by atoms with Crippen LogP contribution in [0.4, 0.5) is 0 Å². The van der Waals surface area contributed by atoms with Gasteiger partial charge in [-0.25, -0.2) is 9.59 Å². The number of hydrogen-bond acceptors (Lipinski definition) is 7. The smallest absolute Gasteiger partial charge is 0.350 e. The molecule has 0 aromatic rings. The van der Waals surface area contributed by atoms with Crippen LogP contribution >= 0.6 is 0 Å². The summed E-state index contributed by atoms with van der Waals surface area (Å²) in [5.74, 6) is -2.13. The van der Waals surface area contributed by atoms with Gasteiger partial charge in [-0.2, -0.15) is 0 Å². The van der Waals surface area contributed by atoms with Crippen molar-refractivity contribution in [2.24, 2.45) is 0 Å². The third-order valence-electron chi connectivity index (χ3n) is 4.22. The van der Waals surface area contributed by atoms with Crippen LogP contribution in [0.15, 0.2) is 48.6 Å². The average molecular weight is 362 g/mol. The quantitative estimate of drug-likeness (QED) is 0.420. The van der Waals surface area contributed by atoms with Gasteiger partial charge >= 0.3 is 11.9 Å². The summed E-state index contributed by atoms with van der Waals surface area (Å²) in [5, 5.41) is 0. The molecule has 3 rings (SSSR count). The van der Waals surface area contributed by atoms with Crippen molar-refractivity contribution in [1.82, 2.24) is 0 Å². The maximum absolute atomic E-state index is 12.1. The summed E-state index contributed by atoms with van der Waals surface area (Å²) in [4.78, 5) is 24.1. The molecule has 26 heavy (non-hydrogen) atoms. The minimum atomic E-state index is -1.14. The number of rotatable bonds is 5. The molecule has 140 valence electrons.